The van der Waals surface area contributed by atoms with E-state index in [1.165, 1.54) is 22.2 Å². The van der Waals surface area contributed by atoms with E-state index < -0.39 is 17.1 Å². The minimum absolute atomic E-state index is 0.0852. The van der Waals surface area contributed by atoms with Crippen molar-refractivity contribution in [3.8, 4) is 4.90 Å². The number of carbonyl (C=O) groups is 1. The molecule has 32 heavy (non-hydrogen) atoms. The van der Waals surface area contributed by atoms with Crippen LogP contribution in [0.15, 0.2) is 89.1 Å². The first kappa shape index (κ1) is 22.4. The number of fused-ring (bicyclic) bond motifs is 1. The zero-order valence-electron chi connectivity index (χ0n) is 17.3. The van der Waals surface area contributed by atoms with E-state index in [9.17, 15) is 18.0 Å². The normalized spacial score (nSPS) is 12.7. The molecular weight excluding hydrogens is 453 g/mol. The maximum Gasteiger partial charge on any atom is 0.446 e. The number of thioether (sulfide) groups is 1. The number of benzene rings is 3. The van der Waals surface area contributed by atoms with E-state index >= 15 is 0 Å². The number of carbonyl (C=O) groups excluding carboxylic acids is 1. The highest BCUT2D eigenvalue weighted by atomic mass is 32.2. The first-order chi connectivity index (χ1) is 15.1. The molecule has 0 saturated carbocycles. The molecule has 0 radical (unpaired) electrons. The molecule has 0 amide bonds. The van der Waals surface area contributed by atoms with Crippen LogP contribution in [0.5, 0.6) is 0 Å². The number of esters is 1. The molecular formula is C25H20F3O2S2+. The average molecular weight is 474 g/mol. The Morgan fingerprint density at radius 1 is 0.906 bits per heavy atom. The molecule has 0 saturated heterocycles. The van der Waals surface area contributed by atoms with E-state index in [0.717, 1.165) is 4.90 Å². The molecule has 7 heteroatoms. The highest BCUT2D eigenvalue weighted by Gasteiger charge is 2.30. The third kappa shape index (κ3) is 5.00. The van der Waals surface area contributed by atoms with Gasteiger partial charge in [-0.25, -0.2) is 4.79 Å². The molecule has 4 aromatic rings. The fourth-order valence-corrected chi connectivity index (χ4v) is 5.88. The van der Waals surface area contributed by atoms with E-state index in [0.29, 0.717) is 11.1 Å². The van der Waals surface area contributed by atoms with E-state index in [1.54, 1.807) is 32.0 Å². The van der Waals surface area contributed by atoms with E-state index in [1.807, 2.05) is 30.3 Å². The third-order valence-corrected chi connectivity index (χ3v) is 7.75. The lowest BCUT2D eigenvalue weighted by atomic mass is 9.98. The van der Waals surface area contributed by atoms with Gasteiger partial charge in [0.2, 0.25) is 0 Å². The largest absolute Gasteiger partial charge is 0.451 e. The maximum atomic E-state index is 12.9. The van der Waals surface area contributed by atoms with Crippen molar-refractivity contribution < 1.29 is 22.7 Å². The molecule has 1 heterocycles. The lowest BCUT2D eigenvalue weighted by Gasteiger charge is -2.26. The van der Waals surface area contributed by atoms with Gasteiger partial charge in [-0.05, 0) is 67.6 Å². The Hall–Kier alpha value is -2.77. The summed E-state index contributed by atoms with van der Waals surface area (Å²) in [6.07, 6.45) is 0. The Bertz CT molecular complexity index is 1260. The van der Waals surface area contributed by atoms with E-state index in [2.05, 4.69) is 23.6 Å². The molecule has 0 spiro atoms. The van der Waals surface area contributed by atoms with Gasteiger partial charge in [0.1, 0.15) is 11.0 Å². The molecule has 0 aliphatic carbocycles. The topological polar surface area (TPSA) is 26.3 Å². The van der Waals surface area contributed by atoms with Crippen molar-refractivity contribution in [1.29, 1.82) is 0 Å². The van der Waals surface area contributed by atoms with Gasteiger partial charge in [0.25, 0.3) is 0 Å². The average Bonchev–Trinajstić information content (AvgIpc) is 3.17. The molecule has 4 rings (SSSR count). The van der Waals surface area contributed by atoms with Crippen LogP contribution in [0, 0.1) is 0 Å². The number of hydrogen-bond donors (Lipinski definition) is 0. The number of halogens is 3. The summed E-state index contributed by atoms with van der Waals surface area (Å²) in [5, 5.41) is 3.32. The summed E-state index contributed by atoms with van der Waals surface area (Å²) >= 11 is -0.173. The van der Waals surface area contributed by atoms with Crippen LogP contribution in [0.3, 0.4) is 0 Å². The second-order valence-corrected chi connectivity index (χ2v) is 10.7. The van der Waals surface area contributed by atoms with Crippen molar-refractivity contribution in [1.82, 2.24) is 0 Å². The van der Waals surface area contributed by atoms with Crippen LogP contribution in [0.1, 0.15) is 29.8 Å². The SMILES string of the molecule is CC(C)(OC(=O)c1cccc(-[s+]2ccc3ccccc32)c1)c1ccc(SC(F)(F)F)cc1. The number of rotatable bonds is 5. The Morgan fingerprint density at radius 3 is 2.34 bits per heavy atom. The van der Waals surface area contributed by atoms with E-state index in [4.69, 9.17) is 4.74 Å². The lowest BCUT2D eigenvalue weighted by molar-refractivity contribution is -0.0328. The summed E-state index contributed by atoms with van der Waals surface area (Å²) in [5.74, 6) is -0.481. The van der Waals surface area contributed by atoms with Crippen molar-refractivity contribution in [3.63, 3.8) is 0 Å². The van der Waals surface area contributed by atoms with Gasteiger partial charge in [-0.2, -0.15) is 13.2 Å². The van der Waals surface area contributed by atoms with Crippen LogP contribution >= 0.6 is 22.2 Å². The van der Waals surface area contributed by atoms with Gasteiger partial charge in [-0.1, -0.05) is 30.3 Å². The minimum atomic E-state index is -4.34. The monoisotopic (exact) mass is 473 g/mol. The summed E-state index contributed by atoms with van der Waals surface area (Å²) in [5.41, 5.74) is -4.30. The first-order valence-corrected chi connectivity index (χ1v) is 11.9. The predicted octanol–water partition coefficient (Wildman–Crippen LogP) is 8.28. The van der Waals surface area contributed by atoms with Crippen molar-refractivity contribution >= 4 is 38.3 Å². The van der Waals surface area contributed by atoms with Gasteiger partial charge in [0, 0.05) is 32.9 Å². The standard InChI is InChI=1S/C25H20F3O2S2/c1-24(2,19-10-12-20(13-11-19)31-25(26,27)28)30-23(29)18-7-5-8-21(16-18)32-15-14-17-6-3-4-9-22(17)32/h3-16H,1-2H3/q+1. The number of ether oxygens (including phenoxy) is 1. The van der Waals surface area contributed by atoms with Crippen LogP contribution in [-0.4, -0.2) is 11.5 Å². The van der Waals surface area contributed by atoms with Crippen LogP contribution in [0.2, 0.25) is 0 Å². The molecule has 2 nitrogen and oxygen atoms in total. The molecule has 1 atom stereocenters. The number of thiophene rings is 1. The van der Waals surface area contributed by atoms with Crippen molar-refractivity contribution in [2.75, 3.05) is 0 Å². The molecule has 0 N–H and O–H groups in total. The minimum Gasteiger partial charge on any atom is -0.451 e. The molecule has 0 bridgehead atoms. The van der Waals surface area contributed by atoms with E-state index in [-0.39, 0.29) is 27.1 Å². The van der Waals surface area contributed by atoms with Gasteiger partial charge in [-0.15, -0.1) is 0 Å². The van der Waals surface area contributed by atoms with Gasteiger partial charge < -0.3 is 4.74 Å². The fraction of sp³-hybridized carbons (Fsp3) is 0.160. The number of hydrogen-bond acceptors (Lipinski definition) is 3. The Morgan fingerprint density at radius 2 is 1.62 bits per heavy atom. The Balaban J connectivity index is 1.54. The molecule has 3 aromatic carbocycles. The first-order valence-electron chi connectivity index (χ1n) is 9.82. The van der Waals surface area contributed by atoms with Crippen molar-refractivity contribution in [3.05, 3.63) is 95.4 Å². The predicted molar refractivity (Wildman–Crippen MR) is 125 cm³/mol. The van der Waals surface area contributed by atoms with Crippen molar-refractivity contribution in [2.24, 2.45) is 0 Å². The van der Waals surface area contributed by atoms with Gasteiger partial charge in [0.05, 0.1) is 5.56 Å². The quantitative estimate of drug-likeness (QED) is 0.166. The van der Waals surface area contributed by atoms with Gasteiger partial charge >= 0.3 is 11.5 Å². The summed E-state index contributed by atoms with van der Waals surface area (Å²) in [4.78, 5) is 14.0. The highest BCUT2D eigenvalue weighted by molar-refractivity contribution is 8.00. The van der Waals surface area contributed by atoms with Crippen LogP contribution in [0.25, 0.3) is 15.0 Å². The Kier molecular flexibility index (Phi) is 6.05. The summed E-state index contributed by atoms with van der Waals surface area (Å²) < 4.78 is 44.6. The van der Waals surface area contributed by atoms with Gasteiger partial charge in [-0.3, -0.25) is 0 Å². The molecule has 0 fully saturated rings. The van der Waals surface area contributed by atoms with Crippen LogP contribution in [0.4, 0.5) is 13.2 Å². The third-order valence-electron chi connectivity index (χ3n) is 4.99. The fourth-order valence-electron chi connectivity index (χ4n) is 3.41. The molecule has 164 valence electrons. The summed E-state index contributed by atoms with van der Waals surface area (Å²) in [6.45, 7) is 3.44. The zero-order chi connectivity index (χ0) is 22.9. The van der Waals surface area contributed by atoms with Crippen LogP contribution < -0.4 is 0 Å². The highest BCUT2D eigenvalue weighted by Crippen LogP contribution is 2.40. The molecule has 0 aliphatic heterocycles. The summed E-state index contributed by atoms with van der Waals surface area (Å²) in [6, 6.07) is 23.5. The number of alkyl halides is 3. The zero-order valence-corrected chi connectivity index (χ0v) is 19.0. The van der Waals surface area contributed by atoms with Crippen LogP contribution in [-0.2, 0) is 10.3 Å². The second-order valence-electron chi connectivity index (χ2n) is 7.68. The lowest BCUT2D eigenvalue weighted by Crippen LogP contribution is -2.25. The van der Waals surface area contributed by atoms with Crippen molar-refractivity contribution in [2.45, 2.75) is 29.9 Å². The molecule has 1 unspecified atom stereocenters. The molecule has 1 aromatic heterocycles. The smallest absolute Gasteiger partial charge is 0.446 e. The summed E-state index contributed by atoms with van der Waals surface area (Å²) in [7, 11) is -0.245. The van der Waals surface area contributed by atoms with Gasteiger partial charge in [0.15, 0.2) is 9.60 Å². The second kappa shape index (κ2) is 8.64. The Labute approximate surface area is 191 Å². The maximum absolute atomic E-state index is 12.9. The molecule has 0 aliphatic rings.